The summed E-state index contributed by atoms with van der Waals surface area (Å²) in [6.07, 6.45) is 1.98. The van der Waals surface area contributed by atoms with Crippen LogP contribution in [0.25, 0.3) is 0 Å². The Morgan fingerprint density at radius 2 is 2.05 bits per heavy atom. The lowest BCUT2D eigenvalue weighted by molar-refractivity contribution is 0.419. The van der Waals surface area contributed by atoms with E-state index in [1.165, 1.54) is 16.6 Å². The molecular weight excluding hydrogens is 279 g/mol. The van der Waals surface area contributed by atoms with E-state index < -0.39 is 10.0 Å². The molecule has 114 valence electrons. The molecule has 4 nitrogen and oxygen atoms in total. The van der Waals surface area contributed by atoms with Crippen LogP contribution in [-0.2, 0) is 16.6 Å². The number of benzene rings is 1. The smallest absolute Gasteiger partial charge is 0.211 e. The van der Waals surface area contributed by atoms with Crippen LogP contribution in [-0.4, -0.2) is 38.6 Å². The van der Waals surface area contributed by atoms with Crippen LogP contribution in [0.5, 0.6) is 0 Å². The highest BCUT2D eigenvalue weighted by Gasteiger charge is 2.12. The molecule has 1 aromatic rings. The van der Waals surface area contributed by atoms with Gasteiger partial charge in [0.25, 0.3) is 0 Å². The monoisotopic (exact) mass is 302 g/mol. The van der Waals surface area contributed by atoms with Gasteiger partial charge in [-0.3, -0.25) is 0 Å². The van der Waals surface area contributed by atoms with Gasteiger partial charge in [-0.05, 0) is 37.1 Å². The summed E-state index contributed by atoms with van der Waals surface area (Å²) < 4.78 is 37.3. The minimum Gasteiger partial charge on any atom is -0.313 e. The lowest BCUT2D eigenvalue weighted by Gasteiger charge is -2.17. The van der Waals surface area contributed by atoms with E-state index in [2.05, 4.69) is 5.32 Å². The fourth-order valence-electron chi connectivity index (χ4n) is 1.99. The van der Waals surface area contributed by atoms with Gasteiger partial charge in [0.15, 0.2) is 0 Å². The van der Waals surface area contributed by atoms with E-state index in [0.29, 0.717) is 25.2 Å². The maximum atomic E-state index is 13.1. The summed E-state index contributed by atoms with van der Waals surface area (Å²) >= 11 is 0. The van der Waals surface area contributed by atoms with E-state index >= 15 is 0 Å². The van der Waals surface area contributed by atoms with Crippen molar-refractivity contribution in [3.63, 3.8) is 0 Å². The van der Waals surface area contributed by atoms with Crippen LogP contribution in [0.2, 0.25) is 0 Å². The molecule has 0 bridgehead atoms. The molecule has 1 rings (SSSR count). The van der Waals surface area contributed by atoms with Gasteiger partial charge in [0.1, 0.15) is 5.82 Å². The quantitative estimate of drug-likeness (QED) is 0.746. The number of sulfonamides is 1. The first-order valence-corrected chi connectivity index (χ1v) is 8.60. The van der Waals surface area contributed by atoms with Crippen molar-refractivity contribution >= 4 is 10.0 Å². The lowest BCUT2D eigenvalue weighted by atomic mass is 10.1. The molecule has 0 aliphatic carbocycles. The Bertz CT molecular complexity index is 532. The third-order valence-electron chi connectivity index (χ3n) is 3.13. The minimum atomic E-state index is -3.10. The molecule has 6 heteroatoms. The molecule has 1 aromatic carbocycles. The molecule has 0 unspecified atom stereocenters. The standard InChI is InChI=1S/C14H23FN2O2S/c1-4-17(20(3,18)19)9-5-8-16-11-13-6-7-14(15)12(2)10-13/h6-7,10,16H,4-5,8-9,11H2,1-3H3. The highest BCUT2D eigenvalue weighted by molar-refractivity contribution is 7.88. The Kier molecular flexibility index (Phi) is 6.58. The first kappa shape index (κ1) is 17.1. The molecule has 0 aliphatic heterocycles. The zero-order valence-electron chi connectivity index (χ0n) is 12.3. The summed E-state index contributed by atoms with van der Waals surface area (Å²) in [5.41, 5.74) is 1.66. The molecule has 0 saturated heterocycles. The molecule has 0 radical (unpaired) electrons. The van der Waals surface area contributed by atoms with Crippen molar-refractivity contribution in [3.05, 3.63) is 35.1 Å². The van der Waals surface area contributed by atoms with E-state index in [1.807, 2.05) is 13.0 Å². The number of hydrogen-bond donors (Lipinski definition) is 1. The molecule has 0 amide bonds. The Morgan fingerprint density at radius 1 is 1.35 bits per heavy atom. The third kappa shape index (κ3) is 5.56. The van der Waals surface area contributed by atoms with Crippen LogP contribution >= 0.6 is 0 Å². The summed E-state index contributed by atoms with van der Waals surface area (Å²) in [5, 5.41) is 3.24. The number of halogens is 1. The molecule has 20 heavy (non-hydrogen) atoms. The van der Waals surface area contributed by atoms with Crippen LogP contribution in [0, 0.1) is 12.7 Å². The number of aryl methyl sites for hydroxylation is 1. The number of nitrogens with one attached hydrogen (secondary N) is 1. The van der Waals surface area contributed by atoms with E-state index in [9.17, 15) is 12.8 Å². The van der Waals surface area contributed by atoms with Gasteiger partial charge in [-0.25, -0.2) is 17.1 Å². The van der Waals surface area contributed by atoms with Crippen molar-refractivity contribution in [2.45, 2.75) is 26.8 Å². The van der Waals surface area contributed by atoms with Gasteiger partial charge in [-0.2, -0.15) is 0 Å². The maximum absolute atomic E-state index is 13.1. The molecule has 0 spiro atoms. The van der Waals surface area contributed by atoms with Crippen LogP contribution in [0.1, 0.15) is 24.5 Å². The highest BCUT2D eigenvalue weighted by atomic mass is 32.2. The van der Waals surface area contributed by atoms with Crippen LogP contribution in [0.15, 0.2) is 18.2 Å². The fourth-order valence-corrected chi connectivity index (χ4v) is 2.92. The van der Waals surface area contributed by atoms with Crippen LogP contribution in [0.3, 0.4) is 0 Å². The highest BCUT2D eigenvalue weighted by Crippen LogP contribution is 2.08. The van der Waals surface area contributed by atoms with Gasteiger partial charge in [0.2, 0.25) is 10.0 Å². The second-order valence-corrected chi connectivity index (χ2v) is 6.85. The Labute approximate surface area is 121 Å². The lowest BCUT2D eigenvalue weighted by Crippen LogP contribution is -2.32. The topological polar surface area (TPSA) is 49.4 Å². The second-order valence-electron chi connectivity index (χ2n) is 4.87. The Balaban J connectivity index is 2.30. The fraction of sp³-hybridized carbons (Fsp3) is 0.571. The van der Waals surface area contributed by atoms with Crippen molar-refractivity contribution < 1.29 is 12.8 Å². The Morgan fingerprint density at radius 3 is 2.60 bits per heavy atom. The molecule has 1 N–H and O–H groups in total. The van der Waals surface area contributed by atoms with Gasteiger partial charge in [-0.15, -0.1) is 0 Å². The number of hydrogen-bond acceptors (Lipinski definition) is 3. The van der Waals surface area contributed by atoms with Gasteiger partial charge in [-0.1, -0.05) is 19.1 Å². The normalized spacial score (nSPS) is 12.1. The second kappa shape index (κ2) is 7.71. The number of rotatable bonds is 8. The molecule has 0 fully saturated rings. The largest absolute Gasteiger partial charge is 0.313 e. The van der Waals surface area contributed by atoms with Crippen LogP contribution < -0.4 is 5.32 Å². The molecule has 0 heterocycles. The van der Waals surface area contributed by atoms with Crippen molar-refractivity contribution in [1.29, 1.82) is 0 Å². The zero-order chi connectivity index (χ0) is 15.2. The summed E-state index contributed by atoms with van der Waals surface area (Å²) in [6.45, 7) is 5.97. The first-order chi connectivity index (χ1) is 9.34. The van der Waals surface area contributed by atoms with E-state index in [0.717, 1.165) is 18.5 Å². The van der Waals surface area contributed by atoms with Gasteiger partial charge in [0, 0.05) is 19.6 Å². The van der Waals surface area contributed by atoms with Crippen molar-refractivity contribution in [3.8, 4) is 0 Å². The third-order valence-corrected chi connectivity index (χ3v) is 4.51. The van der Waals surface area contributed by atoms with Gasteiger partial charge >= 0.3 is 0 Å². The molecule has 0 atom stereocenters. The minimum absolute atomic E-state index is 0.194. The summed E-state index contributed by atoms with van der Waals surface area (Å²) in [5.74, 6) is -0.194. The van der Waals surface area contributed by atoms with Crippen LogP contribution in [0.4, 0.5) is 4.39 Å². The summed E-state index contributed by atoms with van der Waals surface area (Å²) in [6, 6.07) is 5.04. The van der Waals surface area contributed by atoms with E-state index in [4.69, 9.17) is 0 Å². The zero-order valence-corrected chi connectivity index (χ0v) is 13.1. The average Bonchev–Trinajstić information content (AvgIpc) is 2.36. The molecule has 0 aromatic heterocycles. The summed E-state index contributed by atoms with van der Waals surface area (Å²) in [4.78, 5) is 0. The maximum Gasteiger partial charge on any atom is 0.211 e. The average molecular weight is 302 g/mol. The SMILES string of the molecule is CCN(CCCNCc1ccc(F)c(C)c1)S(C)(=O)=O. The predicted octanol–water partition coefficient (Wildman–Crippen LogP) is 1.90. The molecule has 0 aliphatic rings. The van der Waals surface area contributed by atoms with Crippen molar-refractivity contribution in [2.75, 3.05) is 25.9 Å². The van der Waals surface area contributed by atoms with E-state index in [-0.39, 0.29) is 5.82 Å². The van der Waals surface area contributed by atoms with E-state index in [1.54, 1.807) is 13.0 Å². The number of nitrogens with zero attached hydrogens (tertiary/aromatic N) is 1. The molecule has 0 saturated carbocycles. The van der Waals surface area contributed by atoms with Gasteiger partial charge < -0.3 is 5.32 Å². The van der Waals surface area contributed by atoms with Crippen molar-refractivity contribution in [1.82, 2.24) is 9.62 Å². The predicted molar refractivity (Wildman–Crippen MR) is 79.6 cm³/mol. The Hall–Kier alpha value is -0.980. The summed E-state index contributed by atoms with van der Waals surface area (Å²) in [7, 11) is -3.10. The molecular formula is C14H23FN2O2S. The van der Waals surface area contributed by atoms with Gasteiger partial charge in [0.05, 0.1) is 6.26 Å². The first-order valence-electron chi connectivity index (χ1n) is 6.75. The van der Waals surface area contributed by atoms with Crippen molar-refractivity contribution in [2.24, 2.45) is 0 Å².